The summed E-state index contributed by atoms with van der Waals surface area (Å²) < 4.78 is 0. The number of carbonyl (C=O) groups excluding carboxylic acids is 3. The molecule has 3 aromatic rings. The number of rotatable bonds is 6. The Hall–Kier alpha value is -2.29. The first-order valence-corrected chi connectivity index (χ1v) is 10.0. The van der Waals surface area contributed by atoms with Gasteiger partial charge in [0, 0.05) is 11.4 Å². The van der Waals surface area contributed by atoms with Gasteiger partial charge in [-0.1, -0.05) is 6.07 Å². The second-order valence-electron chi connectivity index (χ2n) is 5.07. The van der Waals surface area contributed by atoms with E-state index in [2.05, 4.69) is 10.6 Å². The monoisotopic (exact) mass is 390 g/mol. The second-order valence-corrected chi connectivity index (χ2v) is 7.97. The van der Waals surface area contributed by atoms with Crippen LogP contribution in [0.2, 0.25) is 0 Å². The molecule has 8 heteroatoms. The van der Waals surface area contributed by atoms with Gasteiger partial charge in [-0.05, 0) is 46.0 Å². The van der Waals surface area contributed by atoms with Gasteiger partial charge in [0.15, 0.2) is 0 Å². The number of amides is 2. The van der Waals surface area contributed by atoms with E-state index in [0.717, 1.165) is 10.4 Å². The van der Waals surface area contributed by atoms with E-state index in [9.17, 15) is 14.4 Å². The minimum Gasteiger partial charge on any atom is -0.344 e. The van der Waals surface area contributed by atoms with Crippen molar-refractivity contribution in [1.82, 2.24) is 10.6 Å². The van der Waals surface area contributed by atoms with Crippen LogP contribution in [0.15, 0.2) is 46.5 Å². The van der Waals surface area contributed by atoms with Crippen LogP contribution < -0.4 is 10.6 Å². The summed E-state index contributed by atoms with van der Waals surface area (Å²) >= 11 is 4.25. The summed E-state index contributed by atoms with van der Waals surface area (Å²) in [6.45, 7) is 0.543. The molecule has 3 aromatic heterocycles. The van der Waals surface area contributed by atoms with Crippen molar-refractivity contribution < 1.29 is 14.4 Å². The van der Waals surface area contributed by atoms with Crippen molar-refractivity contribution in [1.29, 1.82) is 0 Å². The highest BCUT2D eigenvalue weighted by molar-refractivity contribution is 7.16. The molecule has 3 rings (SSSR count). The Morgan fingerprint density at radius 2 is 1.68 bits per heavy atom. The van der Waals surface area contributed by atoms with Gasteiger partial charge in [0.1, 0.15) is 0 Å². The molecule has 0 aliphatic carbocycles. The van der Waals surface area contributed by atoms with Crippen LogP contribution >= 0.6 is 34.0 Å². The summed E-state index contributed by atoms with van der Waals surface area (Å²) in [6, 6.07) is 9.04. The van der Waals surface area contributed by atoms with Gasteiger partial charge < -0.3 is 10.6 Å². The zero-order valence-electron chi connectivity index (χ0n) is 13.0. The molecule has 2 amide bonds. The lowest BCUT2D eigenvalue weighted by atomic mass is 10.3. The summed E-state index contributed by atoms with van der Waals surface area (Å²) in [5, 5.41) is 10.8. The smallest absolute Gasteiger partial charge is 0.309 e. The van der Waals surface area contributed by atoms with Crippen LogP contribution in [0.25, 0.3) is 0 Å². The van der Waals surface area contributed by atoms with E-state index in [-0.39, 0.29) is 12.3 Å². The molecule has 0 aliphatic heterocycles. The van der Waals surface area contributed by atoms with E-state index in [1.807, 2.05) is 28.3 Å². The maximum atomic E-state index is 12.2. The third-order valence-corrected chi connectivity index (χ3v) is 5.98. The largest absolute Gasteiger partial charge is 0.344 e. The van der Waals surface area contributed by atoms with Crippen molar-refractivity contribution >= 4 is 51.6 Å². The number of carbonyl (C=O) groups is 3. The first-order chi connectivity index (χ1) is 12.1. The van der Waals surface area contributed by atoms with Crippen LogP contribution in [-0.2, 0) is 22.7 Å². The number of ketones is 1. The summed E-state index contributed by atoms with van der Waals surface area (Å²) in [6.07, 6.45) is 0. The van der Waals surface area contributed by atoms with Gasteiger partial charge in [-0.15, -0.1) is 22.7 Å². The van der Waals surface area contributed by atoms with E-state index < -0.39 is 11.8 Å². The molecule has 5 nitrogen and oxygen atoms in total. The standard InChI is InChI=1S/C17H14N2O3S3/c20-15(13-2-1-6-24-13)14-4-3-12(25-14)9-19-17(22)16(21)18-8-11-5-7-23-10-11/h1-7,10H,8-9H2,(H,18,21)(H,19,22). The fourth-order valence-electron chi connectivity index (χ4n) is 2.03. The SMILES string of the molecule is O=C(NCc1ccsc1)C(=O)NCc1ccc(C(=O)c2cccs2)s1. The van der Waals surface area contributed by atoms with Crippen LogP contribution in [0, 0.1) is 0 Å². The minimum absolute atomic E-state index is 0.0221. The van der Waals surface area contributed by atoms with Crippen molar-refractivity contribution in [3.63, 3.8) is 0 Å². The van der Waals surface area contributed by atoms with Gasteiger partial charge >= 0.3 is 11.8 Å². The van der Waals surface area contributed by atoms with Crippen LogP contribution in [0.5, 0.6) is 0 Å². The fraction of sp³-hybridized carbons (Fsp3) is 0.118. The molecule has 0 saturated carbocycles. The molecule has 2 N–H and O–H groups in total. The molecule has 0 atom stereocenters. The molecule has 25 heavy (non-hydrogen) atoms. The molecule has 0 aliphatic rings. The summed E-state index contributed by atoms with van der Waals surface area (Å²) in [5.41, 5.74) is 0.959. The minimum atomic E-state index is -0.685. The van der Waals surface area contributed by atoms with E-state index >= 15 is 0 Å². The molecule has 3 heterocycles. The first kappa shape index (κ1) is 17.5. The fourth-order valence-corrected chi connectivity index (χ4v) is 4.34. The number of nitrogens with one attached hydrogen (secondary N) is 2. The van der Waals surface area contributed by atoms with Crippen molar-refractivity contribution in [2.45, 2.75) is 13.1 Å². The van der Waals surface area contributed by atoms with Crippen molar-refractivity contribution in [3.8, 4) is 0 Å². The topological polar surface area (TPSA) is 75.3 Å². The van der Waals surface area contributed by atoms with Crippen LogP contribution in [0.4, 0.5) is 0 Å². The van der Waals surface area contributed by atoms with Crippen molar-refractivity contribution in [3.05, 3.63) is 66.7 Å². The normalized spacial score (nSPS) is 10.4. The Kier molecular flexibility index (Phi) is 5.75. The predicted molar refractivity (Wildman–Crippen MR) is 100 cm³/mol. The molecular formula is C17H14N2O3S3. The van der Waals surface area contributed by atoms with Gasteiger partial charge in [0.05, 0.1) is 16.3 Å². The summed E-state index contributed by atoms with van der Waals surface area (Å²) in [5.74, 6) is -1.38. The van der Waals surface area contributed by atoms with Gasteiger partial charge in [0.2, 0.25) is 5.78 Å². The quantitative estimate of drug-likeness (QED) is 0.502. The third-order valence-electron chi connectivity index (χ3n) is 3.29. The highest BCUT2D eigenvalue weighted by Gasteiger charge is 2.15. The maximum Gasteiger partial charge on any atom is 0.309 e. The Balaban J connectivity index is 1.49. The van der Waals surface area contributed by atoms with E-state index in [1.165, 1.54) is 34.0 Å². The molecule has 128 valence electrons. The lowest BCUT2D eigenvalue weighted by Crippen LogP contribution is -2.39. The molecule has 0 bridgehead atoms. The second kappa shape index (κ2) is 8.19. The van der Waals surface area contributed by atoms with E-state index in [4.69, 9.17) is 0 Å². The van der Waals surface area contributed by atoms with Gasteiger partial charge in [0.25, 0.3) is 0 Å². The zero-order valence-corrected chi connectivity index (χ0v) is 15.4. The highest BCUT2D eigenvalue weighted by Crippen LogP contribution is 2.22. The summed E-state index contributed by atoms with van der Waals surface area (Å²) in [4.78, 5) is 37.9. The molecule has 0 radical (unpaired) electrons. The lowest BCUT2D eigenvalue weighted by molar-refractivity contribution is -0.139. The first-order valence-electron chi connectivity index (χ1n) is 7.37. The van der Waals surface area contributed by atoms with Crippen LogP contribution in [0.1, 0.15) is 25.0 Å². The Morgan fingerprint density at radius 3 is 2.36 bits per heavy atom. The molecule has 0 fully saturated rings. The highest BCUT2D eigenvalue weighted by atomic mass is 32.1. The average Bonchev–Trinajstić information content (AvgIpc) is 3.39. The van der Waals surface area contributed by atoms with Crippen LogP contribution in [0.3, 0.4) is 0 Å². The predicted octanol–water partition coefficient (Wildman–Crippen LogP) is 3.03. The van der Waals surface area contributed by atoms with Gasteiger partial charge in [-0.2, -0.15) is 11.3 Å². The number of hydrogen-bond donors (Lipinski definition) is 2. The Labute approximate surface area is 156 Å². The summed E-state index contributed by atoms with van der Waals surface area (Å²) in [7, 11) is 0. The third kappa shape index (κ3) is 4.62. The van der Waals surface area contributed by atoms with E-state index in [0.29, 0.717) is 16.3 Å². The molecule has 0 aromatic carbocycles. The van der Waals surface area contributed by atoms with Crippen molar-refractivity contribution in [2.75, 3.05) is 0 Å². The van der Waals surface area contributed by atoms with E-state index in [1.54, 1.807) is 18.2 Å². The van der Waals surface area contributed by atoms with Crippen molar-refractivity contribution in [2.24, 2.45) is 0 Å². The van der Waals surface area contributed by atoms with Crippen LogP contribution in [-0.4, -0.2) is 17.6 Å². The number of thiophene rings is 3. The zero-order chi connectivity index (χ0) is 17.6. The Morgan fingerprint density at radius 1 is 0.880 bits per heavy atom. The average molecular weight is 391 g/mol. The number of hydrogen-bond acceptors (Lipinski definition) is 6. The maximum absolute atomic E-state index is 12.2. The van der Waals surface area contributed by atoms with Gasteiger partial charge in [-0.25, -0.2) is 0 Å². The Bertz CT molecular complexity index is 867. The molecule has 0 unspecified atom stereocenters. The molecule has 0 spiro atoms. The molecule has 0 saturated heterocycles. The molecular weight excluding hydrogens is 376 g/mol. The van der Waals surface area contributed by atoms with Gasteiger partial charge in [-0.3, -0.25) is 14.4 Å². The lowest BCUT2D eigenvalue weighted by Gasteiger charge is -2.04.